The van der Waals surface area contributed by atoms with Crippen molar-refractivity contribution in [2.24, 2.45) is 0 Å². The molecule has 0 aliphatic rings. The summed E-state index contributed by atoms with van der Waals surface area (Å²) >= 11 is 12.5. The molecular weight excluding hydrogens is 965 g/mol. The van der Waals surface area contributed by atoms with Crippen LogP contribution in [0.15, 0.2) is 168 Å². The van der Waals surface area contributed by atoms with Gasteiger partial charge in [-0.2, -0.15) is 9.79 Å². The molecule has 0 heterocycles. The minimum Gasteiger partial charge on any atom is -0.779 e. The summed E-state index contributed by atoms with van der Waals surface area (Å²) in [4.78, 5) is 32.5. The number of carbonyl (C=O) groups is 2. The summed E-state index contributed by atoms with van der Waals surface area (Å²) in [5.74, 6) is -0.564. The average Bonchev–Trinajstić information content (AvgIpc) is 3.34. The van der Waals surface area contributed by atoms with Crippen molar-refractivity contribution in [1.82, 2.24) is 0 Å². The minimum atomic E-state index is -1.33. The molecule has 7 rings (SSSR count). The summed E-state index contributed by atoms with van der Waals surface area (Å²) < 4.78 is 0. The third-order valence-corrected chi connectivity index (χ3v) is 16.4. The van der Waals surface area contributed by atoms with E-state index in [4.69, 9.17) is 25.3 Å². The highest BCUT2D eigenvalue weighted by Gasteiger charge is 2.46. The number of anilines is 2. The first kappa shape index (κ1) is 57.6. The molecule has 4 nitrogen and oxygen atoms in total. The zero-order chi connectivity index (χ0) is 56.2. The summed E-state index contributed by atoms with van der Waals surface area (Å²) in [5.41, 5.74) is 9.33. The molecule has 0 saturated heterocycles. The van der Waals surface area contributed by atoms with Crippen LogP contribution >= 0.6 is 0 Å². The second-order valence-corrected chi connectivity index (χ2v) is 28.0. The molecular formula is C70H82N2O2S2-2. The summed E-state index contributed by atoms with van der Waals surface area (Å²) in [7, 11) is 0. The number of hydrogen-bond donors (Lipinski definition) is 2. The van der Waals surface area contributed by atoms with Crippen LogP contribution in [-0.2, 0) is 78.2 Å². The lowest BCUT2D eigenvalue weighted by atomic mass is 9.67. The molecule has 6 heteroatoms. The first-order chi connectivity index (χ1) is 35.1. The van der Waals surface area contributed by atoms with Gasteiger partial charge in [-0.25, -0.2) is 0 Å². The molecule has 7 aromatic rings. The largest absolute Gasteiger partial charge is 0.779 e. The molecule has 0 bridgehead atoms. The van der Waals surface area contributed by atoms with Gasteiger partial charge in [0, 0.05) is 11.4 Å². The highest BCUT2D eigenvalue weighted by molar-refractivity contribution is 7.62. The monoisotopic (exact) mass is 1050 g/mol. The molecule has 76 heavy (non-hydrogen) atoms. The molecule has 7 aromatic carbocycles. The number of benzene rings is 7. The van der Waals surface area contributed by atoms with Crippen LogP contribution in [0.5, 0.6) is 0 Å². The zero-order valence-corrected chi connectivity index (χ0v) is 50.3. The van der Waals surface area contributed by atoms with Crippen molar-refractivity contribution in [3.05, 3.63) is 224 Å². The van der Waals surface area contributed by atoms with E-state index in [1.54, 1.807) is 12.1 Å². The van der Waals surface area contributed by atoms with Gasteiger partial charge in [0.05, 0.1) is 0 Å². The van der Waals surface area contributed by atoms with Gasteiger partial charge in [0.15, 0.2) is 0 Å². The van der Waals surface area contributed by atoms with E-state index < -0.39 is 10.8 Å². The molecule has 0 aliphatic heterocycles. The van der Waals surface area contributed by atoms with E-state index >= 15 is 9.59 Å². The Hall–Kier alpha value is -6.08. The predicted octanol–water partition coefficient (Wildman–Crippen LogP) is 17.2. The maximum Gasteiger partial charge on any atom is 0.243 e. The summed E-state index contributed by atoms with van der Waals surface area (Å²) in [5, 5.41) is 6.68. The van der Waals surface area contributed by atoms with Gasteiger partial charge in [-0.05, 0) is 111 Å². The lowest BCUT2D eigenvalue weighted by Gasteiger charge is -2.38. The lowest BCUT2D eigenvalue weighted by Crippen LogP contribution is -2.43. The van der Waals surface area contributed by atoms with Crippen molar-refractivity contribution in [2.45, 2.75) is 178 Å². The second-order valence-electron chi connectivity index (χ2n) is 27.2. The highest BCUT2D eigenvalue weighted by atomic mass is 32.1. The fraction of sp³-hybridized carbons (Fsp3) is 0.371. The van der Waals surface area contributed by atoms with Crippen molar-refractivity contribution >= 4 is 48.4 Å². The molecule has 0 aliphatic carbocycles. The Morgan fingerprint density at radius 3 is 0.513 bits per heavy atom. The Morgan fingerprint density at radius 2 is 0.382 bits per heavy atom. The van der Waals surface area contributed by atoms with Gasteiger partial charge >= 0.3 is 0 Å². The molecule has 0 aromatic heterocycles. The molecule has 0 spiro atoms. The van der Waals surface area contributed by atoms with Gasteiger partial charge < -0.3 is 35.9 Å². The Balaban J connectivity index is 1.39. The molecule has 0 saturated carbocycles. The Morgan fingerprint density at radius 1 is 0.250 bits per heavy atom. The third-order valence-electron chi connectivity index (χ3n) is 15.4. The summed E-state index contributed by atoms with van der Waals surface area (Å²) in [6, 6.07) is 54.3. The molecule has 0 fully saturated rings. The molecule has 0 unspecified atom stereocenters. The number of rotatable bonds is 10. The average molecular weight is 1050 g/mol. The second kappa shape index (κ2) is 20.7. The quantitative estimate of drug-likeness (QED) is 0.106. The van der Waals surface area contributed by atoms with Crippen LogP contribution in [0.2, 0.25) is 0 Å². The molecule has 2 N–H and O–H groups in total. The summed E-state index contributed by atoms with van der Waals surface area (Å²) in [6.45, 7) is 39.5. The van der Waals surface area contributed by atoms with Crippen molar-refractivity contribution in [2.75, 3.05) is 10.6 Å². The van der Waals surface area contributed by atoms with Crippen LogP contribution in [0.1, 0.15) is 191 Å². The van der Waals surface area contributed by atoms with Crippen LogP contribution in [0, 0.1) is 0 Å². The maximum atomic E-state index is 16.0. The Labute approximate surface area is 468 Å². The van der Waals surface area contributed by atoms with Gasteiger partial charge in [0.2, 0.25) is 11.8 Å². The zero-order valence-electron chi connectivity index (χ0n) is 48.6. The van der Waals surface area contributed by atoms with Crippen LogP contribution in [-0.4, -0.2) is 11.8 Å². The topological polar surface area (TPSA) is 58.2 Å². The van der Waals surface area contributed by atoms with Gasteiger partial charge in [-0.15, -0.1) is 0 Å². The fourth-order valence-electron chi connectivity index (χ4n) is 10.3. The SMILES string of the molecule is CC(C)(C)c1ccc(C(C(=O)Nc2ccc(NC(=O)C(c3ccc(C(C)(C)C)cc3)(c3ccc(C(C)(C)C)cc3)c3ccc(C(C)(C)C)cc3)c([S-])c2[S-])(c2ccc(C(C)(C)C)cc2)c2ccc(C(C)(C)C)cc2)cc1. The van der Waals surface area contributed by atoms with E-state index in [0.29, 0.717) is 11.4 Å². The fourth-order valence-corrected chi connectivity index (χ4v) is 10.8. The van der Waals surface area contributed by atoms with Gasteiger partial charge in [0.1, 0.15) is 10.8 Å². The van der Waals surface area contributed by atoms with Crippen molar-refractivity contribution in [3.8, 4) is 0 Å². The minimum absolute atomic E-state index is 0.106. The maximum absolute atomic E-state index is 16.0. The van der Waals surface area contributed by atoms with E-state index in [1.807, 2.05) is 0 Å². The van der Waals surface area contributed by atoms with Crippen LogP contribution < -0.4 is 10.6 Å². The number of nitrogens with one attached hydrogen (secondary N) is 2. The third kappa shape index (κ3) is 11.5. The van der Waals surface area contributed by atoms with Gasteiger partial charge in [-0.1, -0.05) is 270 Å². The van der Waals surface area contributed by atoms with Crippen LogP contribution in [0.25, 0.3) is 0 Å². The van der Waals surface area contributed by atoms with Crippen LogP contribution in [0.4, 0.5) is 11.4 Å². The van der Waals surface area contributed by atoms with E-state index in [2.05, 4.69) is 281 Å². The molecule has 398 valence electrons. The van der Waals surface area contributed by atoms with E-state index in [9.17, 15) is 0 Å². The van der Waals surface area contributed by atoms with Gasteiger partial charge in [-0.3, -0.25) is 9.59 Å². The van der Waals surface area contributed by atoms with E-state index in [1.165, 1.54) is 0 Å². The normalized spacial score (nSPS) is 13.1. The lowest BCUT2D eigenvalue weighted by molar-refractivity contribution is -0.119. The molecule has 0 atom stereocenters. The van der Waals surface area contributed by atoms with Gasteiger partial charge in [0.25, 0.3) is 0 Å². The van der Waals surface area contributed by atoms with Crippen molar-refractivity contribution in [1.29, 1.82) is 0 Å². The first-order valence-corrected chi connectivity index (χ1v) is 27.7. The standard InChI is InChI=1S/C70H84N2O2S2/c1-63(2,3)45-19-31-51(32-20-45)69(52-33-21-46(22-34-52)64(4,5)6,53-35-23-47(24-36-53)65(7,8)9)61(73)71-57-43-44-58(60(76)59(57)75)72-62(74)70(54-37-25-48(26-38-54)66(10,11)12,55-39-27-49(28-40-55)67(13,14)15)56-41-29-50(30-42-56)68(16,17)18/h19-44,75-76H,1-18H3,(H,71,73)(H,72,74)/p-2. The highest BCUT2D eigenvalue weighted by Crippen LogP contribution is 2.46. The van der Waals surface area contributed by atoms with Crippen molar-refractivity contribution < 1.29 is 9.59 Å². The summed E-state index contributed by atoms with van der Waals surface area (Å²) in [6.07, 6.45) is 0. The molecule has 2 amide bonds. The predicted molar refractivity (Wildman–Crippen MR) is 326 cm³/mol. The first-order valence-electron chi connectivity index (χ1n) is 26.9. The number of amides is 2. The molecule has 0 radical (unpaired) electrons. The Kier molecular flexibility index (Phi) is 15.7. The number of hydrogen-bond acceptors (Lipinski definition) is 4. The number of carbonyl (C=O) groups excluding carboxylic acids is 2. The van der Waals surface area contributed by atoms with Crippen molar-refractivity contribution in [3.63, 3.8) is 0 Å². The van der Waals surface area contributed by atoms with Crippen LogP contribution in [0.3, 0.4) is 0 Å². The smallest absolute Gasteiger partial charge is 0.243 e. The van der Waals surface area contributed by atoms with E-state index in [-0.39, 0.29) is 54.1 Å². The Bertz CT molecular complexity index is 2680. The van der Waals surface area contributed by atoms with E-state index in [0.717, 1.165) is 66.8 Å².